The van der Waals surface area contributed by atoms with Crippen molar-refractivity contribution in [2.45, 2.75) is 19.8 Å². The minimum Gasteiger partial charge on any atom is -0.303 e. The Hall–Kier alpha value is -2.61. The normalized spacial score (nSPS) is 10.9. The summed E-state index contributed by atoms with van der Waals surface area (Å²) in [4.78, 5) is 16.2. The summed E-state index contributed by atoms with van der Waals surface area (Å²) < 4.78 is 0. The zero-order valence-corrected chi connectivity index (χ0v) is 12.9. The van der Waals surface area contributed by atoms with E-state index in [1.165, 1.54) is 16.9 Å². The van der Waals surface area contributed by atoms with Crippen LogP contribution < -0.4 is 5.32 Å². The Balaban J connectivity index is 1.74. The second kappa shape index (κ2) is 6.02. The number of H-pyrrole nitrogens is 1. The summed E-state index contributed by atoms with van der Waals surface area (Å²) in [6.07, 6.45) is 0. The number of aromatic amines is 1. The van der Waals surface area contributed by atoms with Crippen molar-refractivity contribution in [2.75, 3.05) is 5.32 Å². The number of benzene rings is 1. The molecule has 3 rings (SSSR count). The molecule has 0 aliphatic rings. The number of nitrogens with zero attached hydrogens (tertiary/aromatic N) is 4. The largest absolute Gasteiger partial charge is 0.303 e. The molecule has 2 aromatic heterocycles. The van der Waals surface area contributed by atoms with Crippen molar-refractivity contribution in [3.8, 4) is 10.6 Å². The molecule has 1 aromatic carbocycles. The van der Waals surface area contributed by atoms with E-state index in [4.69, 9.17) is 0 Å². The zero-order valence-electron chi connectivity index (χ0n) is 12.1. The number of hydrogen-bond donors (Lipinski definition) is 2. The van der Waals surface area contributed by atoms with Crippen molar-refractivity contribution in [3.63, 3.8) is 0 Å². The maximum Gasteiger partial charge on any atom is 0.296 e. The minimum atomic E-state index is -0.419. The molecule has 0 aliphatic heterocycles. The van der Waals surface area contributed by atoms with Gasteiger partial charge in [-0.1, -0.05) is 38.1 Å². The molecule has 0 bridgehead atoms. The number of amides is 1. The van der Waals surface area contributed by atoms with Gasteiger partial charge < -0.3 is 5.32 Å². The van der Waals surface area contributed by atoms with Crippen LogP contribution >= 0.6 is 11.3 Å². The SMILES string of the molecule is CC(C)c1ccc(-c2nc(NC(=O)c3nnn[nH]3)cs2)cc1. The molecule has 0 aliphatic carbocycles. The molecule has 2 N–H and O–H groups in total. The molecule has 112 valence electrons. The highest BCUT2D eigenvalue weighted by atomic mass is 32.1. The molecular weight excluding hydrogens is 300 g/mol. The van der Waals surface area contributed by atoms with Crippen molar-refractivity contribution < 1.29 is 4.79 Å². The fourth-order valence-electron chi connectivity index (χ4n) is 1.91. The van der Waals surface area contributed by atoms with Gasteiger partial charge in [-0.3, -0.25) is 4.79 Å². The second-order valence-corrected chi connectivity index (χ2v) is 5.88. The fourth-order valence-corrected chi connectivity index (χ4v) is 2.66. The lowest BCUT2D eigenvalue weighted by atomic mass is 10.0. The molecule has 0 unspecified atom stereocenters. The van der Waals surface area contributed by atoms with Gasteiger partial charge in [0.05, 0.1) is 0 Å². The zero-order chi connectivity index (χ0) is 15.5. The van der Waals surface area contributed by atoms with Crippen LogP contribution in [0.25, 0.3) is 10.6 Å². The lowest BCUT2D eigenvalue weighted by molar-refractivity contribution is 0.101. The van der Waals surface area contributed by atoms with E-state index in [1.807, 2.05) is 12.1 Å². The Labute approximate surface area is 130 Å². The molecule has 0 atom stereocenters. The number of anilines is 1. The fraction of sp³-hybridized carbons (Fsp3) is 0.214. The summed E-state index contributed by atoms with van der Waals surface area (Å²) in [5, 5.41) is 18.0. The van der Waals surface area contributed by atoms with Crippen LogP contribution in [0, 0.1) is 0 Å². The van der Waals surface area contributed by atoms with E-state index >= 15 is 0 Å². The number of aromatic nitrogens is 5. The van der Waals surface area contributed by atoms with Gasteiger partial charge in [-0.05, 0) is 21.9 Å². The van der Waals surface area contributed by atoms with Crippen LogP contribution in [0.15, 0.2) is 29.6 Å². The van der Waals surface area contributed by atoms with Gasteiger partial charge in [-0.15, -0.1) is 16.4 Å². The molecule has 1 amide bonds. The first-order valence-electron chi connectivity index (χ1n) is 6.74. The third-order valence-corrected chi connectivity index (χ3v) is 4.02. The third-order valence-electron chi connectivity index (χ3n) is 3.13. The van der Waals surface area contributed by atoms with Crippen molar-refractivity contribution in [2.24, 2.45) is 0 Å². The van der Waals surface area contributed by atoms with Crippen LogP contribution in [-0.2, 0) is 0 Å². The van der Waals surface area contributed by atoms with Gasteiger partial charge in [0.2, 0.25) is 5.82 Å². The first-order chi connectivity index (χ1) is 10.6. The number of rotatable bonds is 4. The van der Waals surface area contributed by atoms with Gasteiger partial charge in [-0.2, -0.15) is 0 Å². The van der Waals surface area contributed by atoms with E-state index in [1.54, 1.807) is 5.38 Å². The summed E-state index contributed by atoms with van der Waals surface area (Å²) >= 11 is 1.47. The van der Waals surface area contributed by atoms with Gasteiger partial charge in [0.25, 0.3) is 5.91 Å². The van der Waals surface area contributed by atoms with Gasteiger partial charge in [0.15, 0.2) is 0 Å². The number of nitrogens with one attached hydrogen (secondary N) is 2. The highest BCUT2D eigenvalue weighted by Gasteiger charge is 2.12. The van der Waals surface area contributed by atoms with E-state index in [-0.39, 0.29) is 5.82 Å². The lowest BCUT2D eigenvalue weighted by Gasteiger charge is -2.05. The first-order valence-corrected chi connectivity index (χ1v) is 7.62. The molecule has 22 heavy (non-hydrogen) atoms. The second-order valence-electron chi connectivity index (χ2n) is 5.02. The maximum atomic E-state index is 11.8. The lowest BCUT2D eigenvalue weighted by Crippen LogP contribution is -2.14. The Kier molecular flexibility index (Phi) is 3.92. The van der Waals surface area contributed by atoms with Crippen molar-refractivity contribution >= 4 is 23.1 Å². The summed E-state index contributed by atoms with van der Waals surface area (Å²) in [7, 11) is 0. The van der Waals surface area contributed by atoms with Crippen molar-refractivity contribution in [1.82, 2.24) is 25.6 Å². The quantitative estimate of drug-likeness (QED) is 0.771. The van der Waals surface area contributed by atoms with Crippen LogP contribution in [0.1, 0.15) is 35.9 Å². The van der Waals surface area contributed by atoms with Crippen LogP contribution in [-0.4, -0.2) is 31.5 Å². The monoisotopic (exact) mass is 314 g/mol. The van der Waals surface area contributed by atoms with E-state index in [0.29, 0.717) is 11.7 Å². The Bertz CT molecular complexity index is 763. The van der Waals surface area contributed by atoms with Gasteiger partial charge in [0, 0.05) is 10.9 Å². The predicted molar refractivity (Wildman–Crippen MR) is 83.8 cm³/mol. The highest BCUT2D eigenvalue weighted by molar-refractivity contribution is 7.13. The summed E-state index contributed by atoms with van der Waals surface area (Å²) in [6, 6.07) is 8.28. The average molecular weight is 314 g/mol. The molecule has 0 saturated carbocycles. The number of thiazole rings is 1. The van der Waals surface area contributed by atoms with Crippen LogP contribution in [0.5, 0.6) is 0 Å². The van der Waals surface area contributed by atoms with Crippen molar-refractivity contribution in [3.05, 3.63) is 41.0 Å². The molecule has 2 heterocycles. The Morgan fingerprint density at radius 2 is 2.05 bits per heavy atom. The van der Waals surface area contributed by atoms with Crippen molar-refractivity contribution in [1.29, 1.82) is 0 Å². The maximum absolute atomic E-state index is 11.8. The molecule has 0 saturated heterocycles. The molecular formula is C14H14N6OS. The number of tetrazole rings is 1. The van der Waals surface area contributed by atoms with Crippen LogP contribution in [0.3, 0.4) is 0 Å². The number of hydrogen-bond acceptors (Lipinski definition) is 6. The third kappa shape index (κ3) is 3.01. The Morgan fingerprint density at radius 1 is 1.27 bits per heavy atom. The van der Waals surface area contributed by atoms with Crippen LogP contribution in [0.4, 0.5) is 5.82 Å². The number of carbonyl (C=O) groups is 1. The minimum absolute atomic E-state index is 0.0517. The number of carbonyl (C=O) groups excluding carboxylic acids is 1. The van der Waals surface area contributed by atoms with E-state index in [0.717, 1.165) is 10.6 Å². The topological polar surface area (TPSA) is 96.5 Å². The molecule has 0 radical (unpaired) electrons. The molecule has 0 spiro atoms. The molecule has 0 fully saturated rings. The van der Waals surface area contributed by atoms with Gasteiger partial charge in [-0.25, -0.2) is 10.1 Å². The van der Waals surface area contributed by atoms with Crippen LogP contribution in [0.2, 0.25) is 0 Å². The summed E-state index contributed by atoms with van der Waals surface area (Å²) in [5.41, 5.74) is 2.31. The molecule has 3 aromatic rings. The highest BCUT2D eigenvalue weighted by Crippen LogP contribution is 2.27. The molecule has 7 nitrogen and oxygen atoms in total. The standard InChI is InChI=1S/C14H14N6OS/c1-8(2)9-3-5-10(6-4-9)14-16-11(7-22-14)15-13(21)12-17-19-20-18-12/h3-8H,1-2H3,(H,15,21)(H,17,18,19,20). The predicted octanol–water partition coefficient (Wildman–Crippen LogP) is 2.70. The molecule has 8 heteroatoms. The average Bonchev–Trinajstić information content (AvgIpc) is 3.19. The van der Waals surface area contributed by atoms with E-state index in [9.17, 15) is 4.79 Å². The van der Waals surface area contributed by atoms with E-state index in [2.05, 4.69) is 56.9 Å². The Morgan fingerprint density at radius 3 is 2.68 bits per heavy atom. The van der Waals surface area contributed by atoms with Gasteiger partial charge >= 0.3 is 0 Å². The summed E-state index contributed by atoms with van der Waals surface area (Å²) in [6.45, 7) is 4.31. The van der Waals surface area contributed by atoms with E-state index < -0.39 is 5.91 Å². The smallest absolute Gasteiger partial charge is 0.296 e. The first kappa shape index (κ1) is 14.3. The summed E-state index contributed by atoms with van der Waals surface area (Å²) in [5.74, 6) is 0.609. The van der Waals surface area contributed by atoms with Gasteiger partial charge in [0.1, 0.15) is 10.8 Å².